The van der Waals surface area contributed by atoms with Gasteiger partial charge in [-0.1, -0.05) is 23.1 Å². The predicted octanol–water partition coefficient (Wildman–Crippen LogP) is 1.51. The number of pyridine rings is 1. The Morgan fingerprint density at radius 3 is 3.20 bits per heavy atom. The Balaban J connectivity index is 1.98. The van der Waals surface area contributed by atoms with E-state index in [0.29, 0.717) is 5.82 Å². The number of nitrogens with one attached hydrogen (secondary N) is 1. The van der Waals surface area contributed by atoms with Crippen molar-refractivity contribution in [3.63, 3.8) is 0 Å². The molecule has 78 valence electrons. The Hall–Kier alpha value is -1.18. The molecule has 0 bridgehead atoms. The second kappa shape index (κ2) is 5.06. The minimum absolute atomic E-state index is 0.672. The minimum atomic E-state index is 0.672. The van der Waals surface area contributed by atoms with E-state index in [1.807, 2.05) is 12.1 Å². The highest BCUT2D eigenvalue weighted by Gasteiger charge is 2.00. The van der Waals surface area contributed by atoms with Gasteiger partial charge in [0.05, 0.1) is 0 Å². The number of nitrogens with two attached hydrogens (primary N) is 1. The lowest BCUT2D eigenvalue weighted by molar-refractivity contribution is 1.01. The molecule has 2 aromatic rings. The molecule has 0 amide bonds. The number of hydrazine groups is 1. The van der Waals surface area contributed by atoms with Gasteiger partial charge >= 0.3 is 0 Å². The zero-order valence-electron chi connectivity index (χ0n) is 7.75. The fourth-order valence-corrected chi connectivity index (χ4v) is 2.45. The monoisotopic (exact) mass is 239 g/mol. The van der Waals surface area contributed by atoms with E-state index in [0.717, 1.165) is 15.7 Å². The fourth-order valence-electron chi connectivity index (χ4n) is 1.01. The van der Waals surface area contributed by atoms with Crippen LogP contribution < -0.4 is 11.3 Å². The van der Waals surface area contributed by atoms with Gasteiger partial charge in [0.15, 0.2) is 4.34 Å². The zero-order chi connectivity index (χ0) is 10.5. The number of hydrogen-bond donors (Lipinski definition) is 2. The van der Waals surface area contributed by atoms with Crippen molar-refractivity contribution in [1.82, 2.24) is 15.2 Å². The molecule has 2 heterocycles. The lowest BCUT2D eigenvalue weighted by atomic mass is 10.3. The first-order chi connectivity index (χ1) is 7.38. The Morgan fingerprint density at radius 2 is 2.47 bits per heavy atom. The average molecular weight is 239 g/mol. The van der Waals surface area contributed by atoms with Crippen LogP contribution in [0.4, 0.5) is 5.82 Å². The normalized spacial score (nSPS) is 10.2. The first kappa shape index (κ1) is 10.3. The van der Waals surface area contributed by atoms with Crippen LogP contribution in [0.1, 0.15) is 5.56 Å². The maximum absolute atomic E-state index is 5.27. The molecule has 0 aliphatic carbocycles. The van der Waals surface area contributed by atoms with Gasteiger partial charge in [-0.2, -0.15) is 0 Å². The Kier molecular flexibility index (Phi) is 3.49. The molecule has 0 saturated carbocycles. The van der Waals surface area contributed by atoms with Crippen molar-refractivity contribution >= 4 is 28.9 Å². The summed E-state index contributed by atoms with van der Waals surface area (Å²) in [5, 5.41) is 7.72. The molecule has 0 unspecified atom stereocenters. The summed E-state index contributed by atoms with van der Waals surface area (Å²) in [6.45, 7) is 0. The van der Waals surface area contributed by atoms with Gasteiger partial charge in [-0.25, -0.2) is 10.8 Å². The van der Waals surface area contributed by atoms with Gasteiger partial charge in [0.25, 0.3) is 0 Å². The Labute approximate surface area is 95.1 Å². The summed E-state index contributed by atoms with van der Waals surface area (Å²) in [5.74, 6) is 6.78. The summed E-state index contributed by atoms with van der Waals surface area (Å²) in [6, 6.07) is 3.86. The highest BCUT2D eigenvalue weighted by molar-refractivity contribution is 8.00. The van der Waals surface area contributed by atoms with Crippen LogP contribution in [-0.2, 0) is 5.75 Å². The molecule has 0 aromatic carbocycles. The smallest absolute Gasteiger partial charge is 0.174 e. The van der Waals surface area contributed by atoms with Crippen LogP contribution in [-0.4, -0.2) is 15.2 Å². The molecule has 0 saturated heterocycles. The Morgan fingerprint density at radius 1 is 1.53 bits per heavy atom. The van der Waals surface area contributed by atoms with Gasteiger partial charge in [0.1, 0.15) is 11.3 Å². The van der Waals surface area contributed by atoms with Gasteiger partial charge in [0.2, 0.25) is 0 Å². The van der Waals surface area contributed by atoms with Crippen molar-refractivity contribution in [2.75, 3.05) is 5.43 Å². The maximum Gasteiger partial charge on any atom is 0.174 e. The molecule has 15 heavy (non-hydrogen) atoms. The summed E-state index contributed by atoms with van der Waals surface area (Å²) in [7, 11) is 0. The van der Waals surface area contributed by atoms with E-state index >= 15 is 0 Å². The lowest BCUT2D eigenvalue weighted by Crippen LogP contribution is -2.08. The highest BCUT2D eigenvalue weighted by atomic mass is 32.2. The van der Waals surface area contributed by atoms with Crippen LogP contribution in [0.25, 0.3) is 0 Å². The zero-order valence-corrected chi connectivity index (χ0v) is 9.38. The van der Waals surface area contributed by atoms with E-state index in [2.05, 4.69) is 20.6 Å². The Bertz CT molecular complexity index is 417. The van der Waals surface area contributed by atoms with E-state index in [4.69, 9.17) is 5.84 Å². The lowest BCUT2D eigenvalue weighted by Gasteiger charge is -2.01. The number of nitrogen functional groups attached to an aromatic ring is 1. The SMILES string of the molecule is NNc1cc(CSc2nncs2)ccn1. The number of hydrogen-bond acceptors (Lipinski definition) is 7. The summed E-state index contributed by atoms with van der Waals surface area (Å²) in [6.07, 6.45) is 1.73. The summed E-state index contributed by atoms with van der Waals surface area (Å²) in [5.41, 5.74) is 5.39. The fraction of sp³-hybridized carbons (Fsp3) is 0.125. The van der Waals surface area contributed by atoms with E-state index in [9.17, 15) is 0 Å². The van der Waals surface area contributed by atoms with Crippen molar-refractivity contribution in [2.45, 2.75) is 10.1 Å². The third-order valence-electron chi connectivity index (χ3n) is 1.67. The highest BCUT2D eigenvalue weighted by Crippen LogP contribution is 2.23. The van der Waals surface area contributed by atoms with Gasteiger partial charge in [-0.15, -0.1) is 10.2 Å². The quantitative estimate of drug-likeness (QED) is 0.478. The first-order valence-electron chi connectivity index (χ1n) is 4.19. The van der Waals surface area contributed by atoms with Crippen molar-refractivity contribution in [3.05, 3.63) is 29.4 Å². The number of rotatable bonds is 4. The molecule has 2 rings (SSSR count). The molecule has 0 radical (unpaired) electrons. The van der Waals surface area contributed by atoms with Crippen LogP contribution >= 0.6 is 23.1 Å². The first-order valence-corrected chi connectivity index (χ1v) is 6.05. The van der Waals surface area contributed by atoms with E-state index in [-0.39, 0.29) is 0 Å². The molecule has 0 aliphatic heterocycles. The van der Waals surface area contributed by atoms with Crippen LogP contribution in [0.2, 0.25) is 0 Å². The van der Waals surface area contributed by atoms with E-state index in [1.54, 1.807) is 23.5 Å². The molecule has 7 heteroatoms. The second-order valence-electron chi connectivity index (χ2n) is 2.69. The third-order valence-corrected chi connectivity index (χ3v) is 3.61. The minimum Gasteiger partial charge on any atom is -0.308 e. The molecule has 2 aromatic heterocycles. The summed E-state index contributed by atoms with van der Waals surface area (Å²) < 4.78 is 0.967. The number of aromatic nitrogens is 3. The van der Waals surface area contributed by atoms with E-state index in [1.165, 1.54) is 11.3 Å². The molecule has 0 aliphatic rings. The van der Waals surface area contributed by atoms with Crippen molar-refractivity contribution in [3.8, 4) is 0 Å². The van der Waals surface area contributed by atoms with Crippen LogP contribution in [0.15, 0.2) is 28.2 Å². The standard InChI is InChI=1S/C8H9N5S2/c9-12-7-3-6(1-2-10-7)4-14-8-13-11-5-15-8/h1-3,5H,4,9H2,(H,10,12). The topological polar surface area (TPSA) is 76.7 Å². The molecule has 0 spiro atoms. The maximum atomic E-state index is 5.27. The van der Waals surface area contributed by atoms with Gasteiger partial charge < -0.3 is 5.43 Å². The molecule has 3 N–H and O–H groups in total. The summed E-state index contributed by atoms with van der Waals surface area (Å²) >= 11 is 3.18. The molecular weight excluding hydrogens is 230 g/mol. The number of thioether (sulfide) groups is 1. The third kappa shape index (κ3) is 2.88. The van der Waals surface area contributed by atoms with Crippen LogP contribution in [0, 0.1) is 0 Å². The van der Waals surface area contributed by atoms with Crippen LogP contribution in [0.5, 0.6) is 0 Å². The number of anilines is 1. The predicted molar refractivity (Wildman–Crippen MR) is 61.5 cm³/mol. The second-order valence-corrected chi connectivity index (χ2v) is 4.74. The van der Waals surface area contributed by atoms with Crippen molar-refractivity contribution < 1.29 is 0 Å². The molecule has 0 fully saturated rings. The molecular formula is C8H9N5S2. The summed E-state index contributed by atoms with van der Waals surface area (Å²) in [4.78, 5) is 4.03. The van der Waals surface area contributed by atoms with Crippen LogP contribution in [0.3, 0.4) is 0 Å². The van der Waals surface area contributed by atoms with Crippen molar-refractivity contribution in [1.29, 1.82) is 0 Å². The molecule has 0 atom stereocenters. The van der Waals surface area contributed by atoms with E-state index < -0.39 is 0 Å². The van der Waals surface area contributed by atoms with Crippen molar-refractivity contribution in [2.24, 2.45) is 5.84 Å². The van der Waals surface area contributed by atoms with Gasteiger partial charge in [-0.3, -0.25) is 0 Å². The number of nitrogens with zero attached hydrogens (tertiary/aromatic N) is 3. The molecule has 5 nitrogen and oxygen atoms in total. The van der Waals surface area contributed by atoms with Gasteiger partial charge in [0, 0.05) is 11.9 Å². The average Bonchev–Trinajstić information content (AvgIpc) is 2.79. The largest absolute Gasteiger partial charge is 0.308 e. The van der Waals surface area contributed by atoms with Gasteiger partial charge in [-0.05, 0) is 17.7 Å².